The van der Waals surface area contributed by atoms with Crippen molar-refractivity contribution in [2.24, 2.45) is 0 Å². The highest BCUT2D eigenvalue weighted by Crippen LogP contribution is 2.22. The Morgan fingerprint density at radius 2 is 1.64 bits per heavy atom. The Morgan fingerprint density at radius 1 is 1.04 bits per heavy atom. The molecule has 0 spiro atoms. The van der Waals surface area contributed by atoms with E-state index in [1.165, 1.54) is 11.8 Å². The molecule has 0 aliphatic rings. The van der Waals surface area contributed by atoms with Crippen molar-refractivity contribution in [1.82, 2.24) is 10.2 Å². The lowest BCUT2D eigenvalue weighted by molar-refractivity contribution is -0.138. The molecule has 0 saturated carbocycles. The highest BCUT2D eigenvalue weighted by molar-refractivity contribution is 8.00. The van der Waals surface area contributed by atoms with E-state index in [0.29, 0.717) is 11.6 Å². The number of rotatable bonds is 8. The smallest absolute Gasteiger partial charge is 0.242 e. The minimum absolute atomic E-state index is 0.0229. The Kier molecular flexibility index (Phi) is 8.39. The fraction of sp³-hybridized carbons (Fsp3) is 0.364. The lowest BCUT2D eigenvalue weighted by Crippen LogP contribution is -2.49. The van der Waals surface area contributed by atoms with Crippen molar-refractivity contribution in [2.75, 3.05) is 5.75 Å². The second-order valence-electron chi connectivity index (χ2n) is 7.09. The van der Waals surface area contributed by atoms with Crippen LogP contribution in [0.2, 0.25) is 5.02 Å². The van der Waals surface area contributed by atoms with Gasteiger partial charge in [0.2, 0.25) is 11.8 Å². The second-order valence-corrected chi connectivity index (χ2v) is 8.57. The van der Waals surface area contributed by atoms with Gasteiger partial charge < -0.3 is 10.2 Å². The average molecular weight is 419 g/mol. The molecule has 6 heteroatoms. The van der Waals surface area contributed by atoms with E-state index in [9.17, 15) is 9.59 Å². The molecular weight excluding hydrogens is 392 g/mol. The quantitative estimate of drug-likeness (QED) is 0.633. The van der Waals surface area contributed by atoms with Gasteiger partial charge in [-0.2, -0.15) is 0 Å². The number of nitrogens with one attached hydrogen (secondary N) is 1. The first kappa shape index (κ1) is 22.3. The minimum Gasteiger partial charge on any atom is -0.352 e. The number of amides is 2. The van der Waals surface area contributed by atoms with Gasteiger partial charge >= 0.3 is 0 Å². The van der Waals surface area contributed by atoms with Crippen LogP contribution in [0.25, 0.3) is 0 Å². The molecule has 0 radical (unpaired) electrons. The maximum Gasteiger partial charge on any atom is 0.242 e. The van der Waals surface area contributed by atoms with E-state index in [0.717, 1.165) is 16.0 Å². The van der Waals surface area contributed by atoms with Gasteiger partial charge in [-0.3, -0.25) is 9.59 Å². The predicted molar refractivity (Wildman–Crippen MR) is 117 cm³/mol. The Morgan fingerprint density at radius 3 is 2.21 bits per heavy atom. The number of aryl methyl sites for hydroxylation is 1. The summed E-state index contributed by atoms with van der Waals surface area (Å²) >= 11 is 7.36. The molecule has 0 unspecified atom stereocenters. The molecule has 1 atom stereocenters. The third-order valence-electron chi connectivity index (χ3n) is 4.25. The number of thioether (sulfide) groups is 1. The van der Waals surface area contributed by atoms with E-state index in [2.05, 4.69) is 5.32 Å². The van der Waals surface area contributed by atoms with Crippen molar-refractivity contribution >= 4 is 35.2 Å². The van der Waals surface area contributed by atoms with Crippen molar-refractivity contribution < 1.29 is 9.59 Å². The molecule has 150 valence electrons. The SMILES string of the molecule is Cc1ccc(CN(C(=O)CSc2ccc(Cl)cc2)[C@H](C)C(=O)NC(C)C)cc1. The Hall–Kier alpha value is -1.98. The first-order valence-electron chi connectivity index (χ1n) is 9.30. The lowest BCUT2D eigenvalue weighted by Gasteiger charge is -2.29. The third kappa shape index (κ3) is 6.88. The van der Waals surface area contributed by atoms with Crippen molar-refractivity contribution in [3.05, 3.63) is 64.7 Å². The molecule has 2 aromatic carbocycles. The number of carbonyl (C=O) groups is 2. The van der Waals surface area contributed by atoms with Crippen molar-refractivity contribution in [1.29, 1.82) is 0 Å². The maximum atomic E-state index is 13.0. The van der Waals surface area contributed by atoms with Gasteiger partial charge in [0, 0.05) is 22.5 Å². The lowest BCUT2D eigenvalue weighted by atomic mass is 10.1. The Labute approximate surface area is 176 Å². The van der Waals surface area contributed by atoms with Gasteiger partial charge in [0.1, 0.15) is 6.04 Å². The molecule has 2 aromatic rings. The zero-order valence-corrected chi connectivity index (χ0v) is 18.3. The van der Waals surface area contributed by atoms with Gasteiger partial charge in [-0.1, -0.05) is 41.4 Å². The largest absolute Gasteiger partial charge is 0.352 e. The van der Waals surface area contributed by atoms with Crippen LogP contribution in [0.3, 0.4) is 0 Å². The average Bonchev–Trinajstić information content (AvgIpc) is 2.65. The summed E-state index contributed by atoms with van der Waals surface area (Å²) in [4.78, 5) is 28.1. The molecule has 0 fully saturated rings. The van der Waals surface area contributed by atoms with Crippen molar-refractivity contribution in [2.45, 2.75) is 51.2 Å². The van der Waals surface area contributed by atoms with Crippen LogP contribution in [-0.2, 0) is 16.1 Å². The number of hydrogen-bond acceptors (Lipinski definition) is 3. The highest BCUT2D eigenvalue weighted by Gasteiger charge is 2.26. The van der Waals surface area contributed by atoms with E-state index in [1.807, 2.05) is 57.2 Å². The summed E-state index contributed by atoms with van der Waals surface area (Å²) in [5.41, 5.74) is 2.16. The van der Waals surface area contributed by atoms with E-state index < -0.39 is 6.04 Å². The Balaban J connectivity index is 2.12. The fourth-order valence-electron chi connectivity index (χ4n) is 2.64. The highest BCUT2D eigenvalue weighted by atomic mass is 35.5. The van der Waals surface area contributed by atoms with Gasteiger partial charge in [0.05, 0.1) is 5.75 Å². The summed E-state index contributed by atoms with van der Waals surface area (Å²) in [6, 6.07) is 14.9. The van der Waals surface area contributed by atoms with Crippen molar-refractivity contribution in [3.8, 4) is 0 Å². The fourth-order valence-corrected chi connectivity index (χ4v) is 3.55. The number of carbonyl (C=O) groups excluding carboxylic acids is 2. The summed E-state index contributed by atoms with van der Waals surface area (Å²) in [7, 11) is 0. The molecule has 0 bridgehead atoms. The monoisotopic (exact) mass is 418 g/mol. The zero-order chi connectivity index (χ0) is 20.7. The molecule has 2 amide bonds. The molecular formula is C22H27ClN2O2S. The predicted octanol–water partition coefficient (Wildman–Crippen LogP) is 4.68. The van der Waals surface area contributed by atoms with Gasteiger partial charge in [-0.25, -0.2) is 0 Å². The van der Waals surface area contributed by atoms with E-state index in [-0.39, 0.29) is 23.6 Å². The van der Waals surface area contributed by atoms with Crippen LogP contribution in [0.1, 0.15) is 31.9 Å². The van der Waals surface area contributed by atoms with Gasteiger partial charge in [-0.15, -0.1) is 11.8 Å². The normalized spacial score (nSPS) is 11.9. The standard InChI is InChI=1S/C22H27ClN2O2S/c1-15(2)24-22(27)17(4)25(13-18-7-5-16(3)6-8-18)21(26)14-28-20-11-9-19(23)10-12-20/h5-12,15,17H,13-14H2,1-4H3,(H,24,27)/t17-/m1/s1. The van der Waals surface area contributed by atoms with Crippen LogP contribution in [0.5, 0.6) is 0 Å². The van der Waals surface area contributed by atoms with Gasteiger partial charge in [0.15, 0.2) is 0 Å². The Bertz CT molecular complexity index is 791. The van der Waals surface area contributed by atoms with Crippen LogP contribution in [0, 0.1) is 6.92 Å². The maximum absolute atomic E-state index is 13.0. The molecule has 1 N–H and O–H groups in total. The molecule has 28 heavy (non-hydrogen) atoms. The van der Waals surface area contributed by atoms with Gasteiger partial charge in [0.25, 0.3) is 0 Å². The molecule has 0 aromatic heterocycles. The molecule has 0 saturated heterocycles. The topological polar surface area (TPSA) is 49.4 Å². The number of hydrogen-bond donors (Lipinski definition) is 1. The first-order valence-corrected chi connectivity index (χ1v) is 10.7. The second kappa shape index (κ2) is 10.5. The minimum atomic E-state index is -0.554. The molecule has 0 heterocycles. The van der Waals surface area contributed by atoms with E-state index in [4.69, 9.17) is 11.6 Å². The zero-order valence-electron chi connectivity index (χ0n) is 16.7. The number of halogens is 1. The van der Waals surface area contributed by atoms with Crippen LogP contribution < -0.4 is 5.32 Å². The summed E-state index contributed by atoms with van der Waals surface area (Å²) in [6.07, 6.45) is 0. The molecule has 2 rings (SSSR count). The molecule has 0 aliphatic heterocycles. The number of nitrogens with zero attached hydrogens (tertiary/aromatic N) is 1. The third-order valence-corrected chi connectivity index (χ3v) is 5.50. The van der Waals surface area contributed by atoms with E-state index >= 15 is 0 Å². The summed E-state index contributed by atoms with van der Waals surface area (Å²) in [5, 5.41) is 3.56. The van der Waals surface area contributed by atoms with Crippen LogP contribution in [0.15, 0.2) is 53.4 Å². The molecule has 0 aliphatic carbocycles. The first-order chi connectivity index (χ1) is 13.3. The van der Waals surface area contributed by atoms with Gasteiger partial charge in [-0.05, 0) is 57.5 Å². The summed E-state index contributed by atoms with van der Waals surface area (Å²) < 4.78 is 0. The van der Waals surface area contributed by atoms with Crippen LogP contribution >= 0.6 is 23.4 Å². The van der Waals surface area contributed by atoms with Crippen molar-refractivity contribution in [3.63, 3.8) is 0 Å². The molecule has 4 nitrogen and oxygen atoms in total. The number of benzene rings is 2. The summed E-state index contributed by atoms with van der Waals surface area (Å²) in [6.45, 7) is 8.01. The van der Waals surface area contributed by atoms with E-state index in [1.54, 1.807) is 24.0 Å². The summed E-state index contributed by atoms with van der Waals surface area (Å²) in [5.74, 6) is 0.0335. The van der Waals surface area contributed by atoms with Crippen LogP contribution in [0.4, 0.5) is 0 Å². The van der Waals surface area contributed by atoms with Crippen LogP contribution in [-0.4, -0.2) is 34.6 Å².